The highest BCUT2D eigenvalue weighted by Crippen LogP contribution is 2.28. The van der Waals surface area contributed by atoms with E-state index >= 15 is 0 Å². The molecule has 1 fully saturated rings. The number of fused-ring (bicyclic) bond motifs is 2. The molecule has 1 unspecified atom stereocenters. The number of nitrogens with zero attached hydrogens (tertiary/aromatic N) is 5. The van der Waals surface area contributed by atoms with Crippen molar-refractivity contribution in [3.8, 4) is 11.8 Å². The SMILES string of the molecule is C=CC(=O)N1CCC(n2nc(C#Cc3cccc4ccccc34)c3c(N)ncnc32)C1. The Labute approximate surface area is 179 Å². The van der Waals surface area contributed by atoms with E-state index < -0.39 is 0 Å². The number of hydrogen-bond acceptors (Lipinski definition) is 5. The predicted molar refractivity (Wildman–Crippen MR) is 120 cm³/mol. The van der Waals surface area contributed by atoms with Crippen molar-refractivity contribution in [3.63, 3.8) is 0 Å². The summed E-state index contributed by atoms with van der Waals surface area (Å²) in [6.45, 7) is 4.76. The van der Waals surface area contributed by atoms with Crippen LogP contribution in [-0.4, -0.2) is 43.6 Å². The monoisotopic (exact) mass is 408 g/mol. The van der Waals surface area contributed by atoms with Gasteiger partial charge in [-0.3, -0.25) is 4.79 Å². The standard InChI is InChI=1S/C24H20N6O/c1-2-21(31)29-13-12-18(14-29)30-24-22(23(25)26-15-27-24)20(28-30)11-10-17-8-5-7-16-6-3-4-9-19(16)17/h2-9,15,18H,1,12-14H2,(H2,25,26,27). The Kier molecular flexibility index (Phi) is 4.60. The van der Waals surface area contributed by atoms with E-state index in [-0.39, 0.29) is 11.9 Å². The molecule has 7 heteroatoms. The third kappa shape index (κ3) is 3.28. The Hall–Kier alpha value is -4.18. The molecule has 3 heterocycles. The Morgan fingerprint density at radius 2 is 2.00 bits per heavy atom. The summed E-state index contributed by atoms with van der Waals surface area (Å²) in [5, 5.41) is 7.60. The van der Waals surface area contributed by atoms with Crippen molar-refractivity contribution in [2.24, 2.45) is 0 Å². The van der Waals surface area contributed by atoms with Gasteiger partial charge in [-0.1, -0.05) is 48.9 Å². The highest BCUT2D eigenvalue weighted by atomic mass is 16.2. The Balaban J connectivity index is 1.59. The molecule has 0 aliphatic carbocycles. The lowest BCUT2D eigenvalue weighted by molar-refractivity contribution is -0.125. The predicted octanol–water partition coefficient (Wildman–Crippen LogP) is 2.92. The van der Waals surface area contributed by atoms with E-state index in [0.29, 0.717) is 35.6 Å². The van der Waals surface area contributed by atoms with E-state index in [9.17, 15) is 4.79 Å². The van der Waals surface area contributed by atoms with Gasteiger partial charge in [0.2, 0.25) is 5.91 Å². The molecule has 1 aliphatic heterocycles. The van der Waals surface area contributed by atoms with Crippen LogP contribution in [0.25, 0.3) is 21.8 Å². The van der Waals surface area contributed by atoms with Gasteiger partial charge in [0, 0.05) is 18.7 Å². The van der Waals surface area contributed by atoms with Crippen LogP contribution in [0.3, 0.4) is 0 Å². The van der Waals surface area contributed by atoms with Gasteiger partial charge >= 0.3 is 0 Å². The molecule has 1 saturated heterocycles. The van der Waals surface area contributed by atoms with E-state index in [4.69, 9.17) is 10.8 Å². The van der Waals surface area contributed by atoms with Gasteiger partial charge in [-0.15, -0.1) is 0 Å². The molecule has 0 spiro atoms. The zero-order valence-electron chi connectivity index (χ0n) is 16.8. The summed E-state index contributed by atoms with van der Waals surface area (Å²) in [6.07, 6.45) is 3.54. The second kappa shape index (κ2) is 7.58. The topological polar surface area (TPSA) is 89.9 Å². The van der Waals surface area contributed by atoms with Crippen molar-refractivity contribution >= 4 is 33.5 Å². The van der Waals surface area contributed by atoms with Gasteiger partial charge in [-0.25, -0.2) is 14.6 Å². The van der Waals surface area contributed by atoms with Gasteiger partial charge in [0.25, 0.3) is 0 Å². The molecular weight excluding hydrogens is 388 g/mol. The molecule has 1 atom stereocenters. The van der Waals surface area contributed by atoms with Crippen LogP contribution in [0.5, 0.6) is 0 Å². The molecule has 1 aliphatic rings. The number of hydrogen-bond donors (Lipinski definition) is 1. The van der Waals surface area contributed by atoms with Gasteiger partial charge in [0.15, 0.2) is 5.65 Å². The van der Waals surface area contributed by atoms with E-state index in [1.54, 1.807) is 4.90 Å². The lowest BCUT2D eigenvalue weighted by Crippen LogP contribution is -2.27. The van der Waals surface area contributed by atoms with Crippen molar-refractivity contribution in [1.82, 2.24) is 24.6 Å². The lowest BCUT2D eigenvalue weighted by Gasteiger charge is -2.14. The normalized spacial score (nSPS) is 15.7. The van der Waals surface area contributed by atoms with Crippen molar-refractivity contribution in [3.05, 3.63) is 72.7 Å². The van der Waals surface area contributed by atoms with Gasteiger partial charge in [0.1, 0.15) is 17.8 Å². The van der Waals surface area contributed by atoms with Crippen LogP contribution < -0.4 is 5.73 Å². The fourth-order valence-electron chi connectivity index (χ4n) is 4.07. The van der Waals surface area contributed by atoms with E-state index in [1.807, 2.05) is 28.9 Å². The zero-order chi connectivity index (χ0) is 21.4. The average Bonchev–Trinajstić information content (AvgIpc) is 3.43. The first-order valence-corrected chi connectivity index (χ1v) is 10.1. The molecule has 5 rings (SSSR count). The molecule has 4 aromatic rings. The van der Waals surface area contributed by atoms with Crippen LogP contribution in [0.2, 0.25) is 0 Å². The molecule has 2 aromatic carbocycles. The Bertz CT molecular complexity index is 1390. The van der Waals surface area contributed by atoms with Crippen LogP contribution in [-0.2, 0) is 4.79 Å². The van der Waals surface area contributed by atoms with Crippen molar-refractivity contribution in [2.75, 3.05) is 18.8 Å². The molecule has 2 aromatic heterocycles. The molecule has 1 amide bonds. The number of carbonyl (C=O) groups is 1. The Morgan fingerprint density at radius 1 is 1.16 bits per heavy atom. The third-order valence-corrected chi connectivity index (χ3v) is 5.62. The van der Waals surface area contributed by atoms with E-state index in [0.717, 1.165) is 22.8 Å². The third-order valence-electron chi connectivity index (χ3n) is 5.62. The Morgan fingerprint density at radius 3 is 2.87 bits per heavy atom. The molecule has 7 nitrogen and oxygen atoms in total. The summed E-state index contributed by atoms with van der Waals surface area (Å²) in [4.78, 5) is 22.3. The van der Waals surface area contributed by atoms with Crippen LogP contribution in [0.15, 0.2) is 61.4 Å². The lowest BCUT2D eigenvalue weighted by atomic mass is 10.0. The average molecular weight is 408 g/mol. The largest absolute Gasteiger partial charge is 0.383 e. The highest BCUT2D eigenvalue weighted by molar-refractivity contribution is 5.92. The minimum atomic E-state index is -0.0796. The number of anilines is 1. The maximum Gasteiger partial charge on any atom is 0.246 e. The van der Waals surface area contributed by atoms with Gasteiger partial charge < -0.3 is 10.6 Å². The van der Waals surface area contributed by atoms with Crippen LogP contribution in [0.4, 0.5) is 5.82 Å². The molecule has 0 saturated carbocycles. The minimum Gasteiger partial charge on any atom is -0.383 e. The number of likely N-dealkylation sites (tertiary alicyclic amines) is 1. The number of amides is 1. The second-order valence-corrected chi connectivity index (χ2v) is 7.46. The maximum atomic E-state index is 12.0. The number of benzene rings is 2. The molecule has 152 valence electrons. The number of rotatable bonds is 2. The summed E-state index contributed by atoms with van der Waals surface area (Å²) in [5.41, 5.74) is 8.26. The highest BCUT2D eigenvalue weighted by Gasteiger charge is 2.29. The zero-order valence-corrected chi connectivity index (χ0v) is 16.8. The first-order valence-electron chi connectivity index (χ1n) is 10.1. The molecule has 0 bridgehead atoms. The fraction of sp³-hybridized carbons (Fsp3) is 0.167. The summed E-state index contributed by atoms with van der Waals surface area (Å²) >= 11 is 0. The van der Waals surface area contributed by atoms with Crippen molar-refractivity contribution in [2.45, 2.75) is 12.5 Å². The quantitative estimate of drug-likeness (QED) is 0.407. The van der Waals surface area contributed by atoms with Gasteiger partial charge in [-0.05, 0) is 35.3 Å². The summed E-state index contributed by atoms with van der Waals surface area (Å²) in [6, 6.07) is 14.2. The number of aromatic nitrogens is 4. The molecule has 31 heavy (non-hydrogen) atoms. The van der Waals surface area contributed by atoms with E-state index in [1.165, 1.54) is 12.4 Å². The maximum absolute atomic E-state index is 12.0. The minimum absolute atomic E-state index is 0.00574. The first kappa shape index (κ1) is 18.8. The number of nitrogen functional groups attached to an aromatic ring is 1. The van der Waals surface area contributed by atoms with Crippen LogP contribution in [0, 0.1) is 11.8 Å². The second-order valence-electron chi connectivity index (χ2n) is 7.46. The van der Waals surface area contributed by atoms with Gasteiger partial charge in [-0.2, -0.15) is 5.10 Å². The molecular formula is C24H20N6O. The summed E-state index contributed by atoms with van der Waals surface area (Å²) < 4.78 is 1.83. The molecule has 2 N–H and O–H groups in total. The van der Waals surface area contributed by atoms with Crippen molar-refractivity contribution in [1.29, 1.82) is 0 Å². The van der Waals surface area contributed by atoms with E-state index in [2.05, 4.69) is 46.6 Å². The van der Waals surface area contributed by atoms with Gasteiger partial charge in [0.05, 0.1) is 11.4 Å². The number of nitrogens with two attached hydrogens (primary N) is 1. The smallest absolute Gasteiger partial charge is 0.246 e. The summed E-state index contributed by atoms with van der Waals surface area (Å²) in [5.74, 6) is 6.70. The fourth-order valence-corrected chi connectivity index (χ4v) is 4.07. The van der Waals surface area contributed by atoms with Crippen LogP contribution in [0.1, 0.15) is 23.7 Å². The number of carbonyl (C=O) groups excluding carboxylic acids is 1. The molecule has 0 radical (unpaired) electrons. The van der Waals surface area contributed by atoms with Crippen molar-refractivity contribution < 1.29 is 4.79 Å². The van der Waals surface area contributed by atoms with Crippen LogP contribution >= 0.6 is 0 Å². The summed E-state index contributed by atoms with van der Waals surface area (Å²) in [7, 11) is 0. The first-order chi connectivity index (χ1) is 15.2.